The van der Waals surface area contributed by atoms with Gasteiger partial charge in [0.2, 0.25) is 0 Å². The van der Waals surface area contributed by atoms with Crippen LogP contribution < -0.4 is 10.2 Å². The third kappa shape index (κ3) is 6.71. The van der Waals surface area contributed by atoms with Crippen molar-refractivity contribution >= 4 is 23.0 Å². The molecule has 0 atom stereocenters. The van der Waals surface area contributed by atoms with Crippen LogP contribution in [0.5, 0.6) is 0 Å². The fraction of sp³-hybridized carbons (Fsp3) is 0.531. The number of likely N-dealkylation sites (tertiary alicyclic amines) is 1. The van der Waals surface area contributed by atoms with Gasteiger partial charge in [-0.05, 0) is 76.0 Å². The van der Waals surface area contributed by atoms with Gasteiger partial charge in [0.15, 0.2) is 0 Å². The smallest absolute Gasteiger partial charge is 0.0893 e. The number of halogens is 1. The monoisotopic (exact) mass is 520 g/mol. The van der Waals surface area contributed by atoms with Crippen molar-refractivity contribution in [2.75, 3.05) is 36.4 Å². The third-order valence-corrected chi connectivity index (χ3v) is 8.82. The average molecular weight is 521 g/mol. The van der Waals surface area contributed by atoms with Crippen LogP contribution >= 0.6 is 11.6 Å². The van der Waals surface area contributed by atoms with Crippen LogP contribution in [0.3, 0.4) is 0 Å². The number of piperidine rings is 2. The molecule has 0 amide bonds. The largest absolute Gasteiger partial charge is 0.375 e. The van der Waals surface area contributed by atoms with Gasteiger partial charge in [-0.15, -0.1) is 0 Å². The molecule has 0 bridgehead atoms. The van der Waals surface area contributed by atoms with E-state index in [0.29, 0.717) is 10.9 Å². The highest BCUT2D eigenvalue weighted by atomic mass is 35.5. The van der Waals surface area contributed by atoms with Gasteiger partial charge in [-0.1, -0.05) is 57.7 Å². The van der Waals surface area contributed by atoms with E-state index in [1.807, 2.05) is 13.0 Å². The molecule has 0 saturated carbocycles. The minimum Gasteiger partial charge on any atom is -0.375 e. The summed E-state index contributed by atoms with van der Waals surface area (Å²) in [5.74, 6) is 0.634. The average Bonchev–Trinajstić information content (AvgIpc) is 2.91. The van der Waals surface area contributed by atoms with Crippen molar-refractivity contribution in [3.8, 4) is 11.3 Å². The number of pyridine rings is 1. The lowest BCUT2D eigenvalue weighted by Crippen LogP contribution is -2.37. The molecule has 0 aliphatic carbocycles. The van der Waals surface area contributed by atoms with E-state index in [0.717, 1.165) is 67.4 Å². The predicted octanol–water partition coefficient (Wildman–Crippen LogP) is 8.68. The van der Waals surface area contributed by atoms with Crippen LogP contribution in [0.4, 0.5) is 11.4 Å². The van der Waals surface area contributed by atoms with Gasteiger partial charge < -0.3 is 15.1 Å². The molecule has 2 saturated heterocycles. The molecule has 0 spiro atoms. The van der Waals surface area contributed by atoms with E-state index in [-0.39, 0.29) is 5.41 Å². The number of aryl methyl sites for hydroxylation is 1. The number of benzene rings is 1. The van der Waals surface area contributed by atoms with E-state index in [1.54, 1.807) is 0 Å². The molecule has 1 aromatic heterocycles. The molecule has 4 rings (SSSR count). The van der Waals surface area contributed by atoms with Crippen molar-refractivity contribution < 1.29 is 0 Å². The summed E-state index contributed by atoms with van der Waals surface area (Å²) < 4.78 is 0. The van der Waals surface area contributed by atoms with Crippen LogP contribution in [0.2, 0.25) is 5.02 Å². The summed E-state index contributed by atoms with van der Waals surface area (Å²) in [7, 11) is 0. The Morgan fingerprint density at radius 3 is 2.32 bits per heavy atom. The van der Waals surface area contributed by atoms with Crippen molar-refractivity contribution in [2.24, 2.45) is 11.3 Å². The molecular weight excluding hydrogens is 476 g/mol. The van der Waals surface area contributed by atoms with Gasteiger partial charge in [0, 0.05) is 54.2 Å². The van der Waals surface area contributed by atoms with Gasteiger partial charge in [0.1, 0.15) is 0 Å². The molecule has 200 valence electrons. The van der Waals surface area contributed by atoms with Crippen LogP contribution in [0.1, 0.15) is 71.4 Å². The SMILES string of the molecule is C=C(CC1CCN(C(=C)C(C)(C)CC)CC1)Nc1cc(Cl)c(-c2ccc(N3CCCCC3)cc2)nc1C. The Balaban J connectivity index is 1.34. The standard InChI is InChI=1S/C32H45ClN4/c1-7-32(5,6)25(4)36-19-15-26(16-20-36)21-23(2)34-30-22-29(33)31(35-24(30)3)27-11-13-28(14-12-27)37-17-9-8-10-18-37/h11-14,22,26,34H,2,4,7-10,15-21H2,1,3,5-6H3. The van der Waals surface area contributed by atoms with Crippen LogP contribution in [0.25, 0.3) is 11.3 Å². The van der Waals surface area contributed by atoms with Gasteiger partial charge in [-0.25, -0.2) is 4.98 Å². The summed E-state index contributed by atoms with van der Waals surface area (Å²) in [4.78, 5) is 9.84. The second kappa shape index (κ2) is 11.9. The zero-order valence-corrected chi connectivity index (χ0v) is 24.1. The van der Waals surface area contributed by atoms with Gasteiger partial charge >= 0.3 is 0 Å². The highest BCUT2D eigenvalue weighted by Crippen LogP contribution is 2.36. The maximum Gasteiger partial charge on any atom is 0.0893 e. The number of nitrogens with one attached hydrogen (secondary N) is 1. The molecule has 2 fully saturated rings. The Morgan fingerprint density at radius 2 is 1.70 bits per heavy atom. The first-order valence-corrected chi connectivity index (χ1v) is 14.5. The highest BCUT2D eigenvalue weighted by molar-refractivity contribution is 6.33. The van der Waals surface area contributed by atoms with Crippen molar-refractivity contribution in [3.05, 3.63) is 65.6 Å². The van der Waals surface area contributed by atoms with E-state index < -0.39 is 0 Å². The van der Waals surface area contributed by atoms with Crippen molar-refractivity contribution in [1.82, 2.24) is 9.88 Å². The van der Waals surface area contributed by atoms with E-state index in [2.05, 4.69) is 73.3 Å². The molecule has 2 aliphatic heterocycles. The quantitative estimate of drug-likeness (QED) is 0.358. The lowest BCUT2D eigenvalue weighted by Gasteiger charge is -2.40. The molecule has 1 aromatic carbocycles. The van der Waals surface area contributed by atoms with E-state index in [9.17, 15) is 0 Å². The minimum atomic E-state index is 0.170. The van der Waals surface area contributed by atoms with Crippen molar-refractivity contribution in [1.29, 1.82) is 0 Å². The highest BCUT2D eigenvalue weighted by Gasteiger charge is 2.28. The number of aromatic nitrogens is 1. The van der Waals surface area contributed by atoms with E-state index >= 15 is 0 Å². The van der Waals surface area contributed by atoms with E-state index in [4.69, 9.17) is 16.6 Å². The number of allylic oxidation sites excluding steroid dienone is 2. The second-order valence-electron chi connectivity index (χ2n) is 11.6. The zero-order valence-electron chi connectivity index (χ0n) is 23.4. The minimum absolute atomic E-state index is 0.170. The lowest BCUT2D eigenvalue weighted by atomic mass is 9.84. The Morgan fingerprint density at radius 1 is 1.05 bits per heavy atom. The van der Waals surface area contributed by atoms with Gasteiger partial charge in [-0.2, -0.15) is 0 Å². The van der Waals surface area contributed by atoms with Gasteiger partial charge in [0.05, 0.1) is 22.1 Å². The number of anilines is 2. The molecule has 2 aliphatic rings. The van der Waals surface area contributed by atoms with Crippen LogP contribution in [-0.4, -0.2) is 36.1 Å². The number of nitrogens with zero attached hydrogens (tertiary/aromatic N) is 3. The lowest BCUT2D eigenvalue weighted by molar-refractivity contribution is 0.183. The van der Waals surface area contributed by atoms with Crippen molar-refractivity contribution in [2.45, 2.75) is 72.6 Å². The van der Waals surface area contributed by atoms with E-state index in [1.165, 1.54) is 43.5 Å². The summed E-state index contributed by atoms with van der Waals surface area (Å²) in [6, 6.07) is 10.7. The molecule has 5 heteroatoms. The number of rotatable bonds is 9. The van der Waals surface area contributed by atoms with Gasteiger partial charge in [0.25, 0.3) is 0 Å². The molecule has 1 N–H and O–H groups in total. The predicted molar refractivity (Wildman–Crippen MR) is 160 cm³/mol. The molecule has 0 radical (unpaired) electrons. The third-order valence-electron chi connectivity index (χ3n) is 8.54. The molecule has 2 aromatic rings. The van der Waals surface area contributed by atoms with Gasteiger partial charge in [-0.3, -0.25) is 0 Å². The topological polar surface area (TPSA) is 31.4 Å². The Kier molecular flexibility index (Phi) is 8.90. The fourth-order valence-corrected chi connectivity index (χ4v) is 5.78. The molecule has 3 heterocycles. The summed E-state index contributed by atoms with van der Waals surface area (Å²) in [6.07, 6.45) is 8.32. The summed E-state index contributed by atoms with van der Waals surface area (Å²) in [6.45, 7) is 22.1. The summed E-state index contributed by atoms with van der Waals surface area (Å²) >= 11 is 6.74. The Hall–Kier alpha value is -2.46. The maximum absolute atomic E-state index is 6.74. The van der Waals surface area contributed by atoms with Crippen molar-refractivity contribution in [3.63, 3.8) is 0 Å². The Bertz CT molecular complexity index is 1090. The molecular formula is C32H45ClN4. The normalized spacial score (nSPS) is 17.1. The Labute approximate surface area is 229 Å². The summed E-state index contributed by atoms with van der Waals surface area (Å²) in [5.41, 5.74) is 7.54. The first-order chi connectivity index (χ1) is 17.7. The fourth-order valence-electron chi connectivity index (χ4n) is 5.52. The van der Waals surface area contributed by atoms with Crippen LogP contribution in [0, 0.1) is 18.3 Å². The molecule has 37 heavy (non-hydrogen) atoms. The summed E-state index contributed by atoms with van der Waals surface area (Å²) in [5, 5.41) is 4.18. The van der Waals surface area contributed by atoms with Crippen LogP contribution in [0.15, 0.2) is 54.9 Å². The first-order valence-electron chi connectivity index (χ1n) is 14.1. The zero-order chi connectivity index (χ0) is 26.6. The maximum atomic E-state index is 6.74. The first kappa shape index (κ1) is 27.6. The second-order valence-corrected chi connectivity index (χ2v) is 12.0. The number of hydrogen-bond donors (Lipinski definition) is 1. The number of hydrogen-bond acceptors (Lipinski definition) is 4. The molecule has 0 unspecified atom stereocenters. The van der Waals surface area contributed by atoms with Crippen LogP contribution in [-0.2, 0) is 0 Å². The molecule has 4 nitrogen and oxygen atoms in total.